The van der Waals surface area contributed by atoms with E-state index in [2.05, 4.69) is 4.98 Å². The van der Waals surface area contributed by atoms with Gasteiger partial charge in [-0.25, -0.2) is 9.78 Å². The molecule has 0 radical (unpaired) electrons. The number of likely N-dealkylation sites (N-methyl/N-ethyl adjacent to an activating group) is 1. The van der Waals surface area contributed by atoms with E-state index in [1.807, 2.05) is 30.5 Å². The van der Waals surface area contributed by atoms with Crippen molar-refractivity contribution in [3.63, 3.8) is 0 Å². The number of hydrogen-bond donors (Lipinski definition) is 0. The molecule has 8 heteroatoms. The number of aromatic nitrogens is 1. The average Bonchev–Trinajstić information content (AvgIpc) is 3.07. The number of aryl methyl sites for hydroxylation is 1. The number of rotatable bonds is 8. The smallest absolute Gasteiger partial charge is 0.338 e. The van der Waals surface area contributed by atoms with Gasteiger partial charge in [0, 0.05) is 30.4 Å². The highest BCUT2D eigenvalue weighted by Crippen LogP contribution is 2.27. The van der Waals surface area contributed by atoms with E-state index in [1.165, 1.54) is 4.90 Å². The highest BCUT2D eigenvalue weighted by Gasteiger charge is 2.16. The molecule has 0 aliphatic heterocycles. The Balaban J connectivity index is 1.94. The van der Waals surface area contributed by atoms with Crippen molar-refractivity contribution >= 4 is 35.0 Å². The third-order valence-electron chi connectivity index (χ3n) is 3.50. The third kappa shape index (κ3) is 5.86. The van der Waals surface area contributed by atoms with Crippen molar-refractivity contribution in [3.8, 4) is 6.07 Å². The topological polar surface area (TPSA) is 83.3 Å². The molecule has 1 amide bonds. The zero-order valence-corrected chi connectivity index (χ0v) is 16.2. The lowest BCUT2D eigenvalue weighted by atomic mass is 10.1. The summed E-state index contributed by atoms with van der Waals surface area (Å²) in [5, 5.41) is 10.5. The Morgan fingerprint density at radius 2 is 2.15 bits per heavy atom. The molecule has 0 bridgehead atoms. The van der Waals surface area contributed by atoms with Gasteiger partial charge in [-0.05, 0) is 18.6 Å². The van der Waals surface area contributed by atoms with Crippen LogP contribution in [0.25, 0.3) is 0 Å². The van der Waals surface area contributed by atoms with Gasteiger partial charge in [-0.1, -0.05) is 30.0 Å². The highest BCUT2D eigenvalue weighted by atomic mass is 32.2. The molecule has 136 valence electrons. The minimum atomic E-state index is -0.529. The first-order valence-electron chi connectivity index (χ1n) is 7.92. The van der Waals surface area contributed by atoms with E-state index < -0.39 is 5.97 Å². The Hall–Kier alpha value is -2.37. The summed E-state index contributed by atoms with van der Waals surface area (Å²) in [5.41, 5.74) is 2.26. The van der Waals surface area contributed by atoms with Gasteiger partial charge in [-0.3, -0.25) is 4.79 Å². The third-order valence-corrected chi connectivity index (χ3v) is 5.69. The molecular weight excluding hydrogens is 370 g/mol. The maximum Gasteiger partial charge on any atom is 0.338 e. The van der Waals surface area contributed by atoms with E-state index in [1.54, 1.807) is 42.3 Å². The normalized spacial score (nSPS) is 10.2. The van der Waals surface area contributed by atoms with Gasteiger partial charge in [-0.2, -0.15) is 5.26 Å². The van der Waals surface area contributed by atoms with E-state index in [-0.39, 0.29) is 18.9 Å². The lowest BCUT2D eigenvalue weighted by Crippen LogP contribution is -2.32. The van der Waals surface area contributed by atoms with Crippen LogP contribution in [0.1, 0.15) is 28.0 Å². The van der Waals surface area contributed by atoms with Gasteiger partial charge in [0.15, 0.2) is 6.61 Å². The molecule has 1 aromatic carbocycles. The van der Waals surface area contributed by atoms with Crippen molar-refractivity contribution in [2.45, 2.75) is 23.4 Å². The highest BCUT2D eigenvalue weighted by molar-refractivity contribution is 8.00. The molecule has 0 unspecified atom stereocenters. The maximum absolute atomic E-state index is 12.4. The standard InChI is InChI=1S/C18H19N3O3S2/c1-13-11-25-18(20-13)26-12-14-6-3-4-7-15(14)17(23)24-10-16(22)21(2)9-5-8-19/h3-4,6-7,11H,5,9-10,12H2,1-2H3. The van der Waals surface area contributed by atoms with E-state index in [0.717, 1.165) is 15.6 Å². The van der Waals surface area contributed by atoms with E-state index >= 15 is 0 Å². The van der Waals surface area contributed by atoms with Crippen molar-refractivity contribution in [1.29, 1.82) is 5.26 Å². The van der Waals surface area contributed by atoms with Crippen LogP contribution in [-0.4, -0.2) is 42.0 Å². The van der Waals surface area contributed by atoms with E-state index in [9.17, 15) is 9.59 Å². The Kier molecular flexibility index (Phi) is 7.63. The first-order chi connectivity index (χ1) is 12.5. The van der Waals surface area contributed by atoms with Gasteiger partial charge in [-0.15, -0.1) is 11.3 Å². The van der Waals surface area contributed by atoms with Crippen LogP contribution in [0.5, 0.6) is 0 Å². The molecule has 1 heterocycles. The molecule has 0 aliphatic rings. The number of nitrogens with zero attached hydrogens (tertiary/aromatic N) is 3. The number of ether oxygens (including phenoxy) is 1. The second-order valence-electron chi connectivity index (χ2n) is 5.50. The number of thioether (sulfide) groups is 1. The molecule has 2 aromatic rings. The number of nitriles is 1. The largest absolute Gasteiger partial charge is 0.452 e. The van der Waals surface area contributed by atoms with Crippen LogP contribution in [-0.2, 0) is 15.3 Å². The Morgan fingerprint density at radius 3 is 2.85 bits per heavy atom. The molecule has 1 aromatic heterocycles. The molecule has 0 aliphatic carbocycles. The quantitative estimate of drug-likeness (QED) is 0.509. The zero-order valence-electron chi connectivity index (χ0n) is 14.6. The number of benzene rings is 1. The molecule has 6 nitrogen and oxygen atoms in total. The molecular formula is C18H19N3O3S2. The lowest BCUT2D eigenvalue weighted by molar-refractivity contribution is -0.133. The summed E-state index contributed by atoms with van der Waals surface area (Å²) in [4.78, 5) is 30.0. The summed E-state index contributed by atoms with van der Waals surface area (Å²) in [6, 6.07) is 9.15. The maximum atomic E-state index is 12.4. The Bertz CT molecular complexity index is 814. The minimum absolute atomic E-state index is 0.243. The predicted molar refractivity (Wildman–Crippen MR) is 101 cm³/mol. The fourth-order valence-corrected chi connectivity index (χ4v) is 3.89. The molecule has 0 saturated carbocycles. The van der Waals surface area contributed by atoms with Crippen LogP contribution < -0.4 is 0 Å². The second kappa shape index (κ2) is 9.94. The van der Waals surface area contributed by atoms with Gasteiger partial charge in [0.05, 0.1) is 18.1 Å². The van der Waals surface area contributed by atoms with E-state index in [4.69, 9.17) is 10.00 Å². The van der Waals surface area contributed by atoms with Gasteiger partial charge in [0.2, 0.25) is 0 Å². The SMILES string of the molecule is Cc1csc(SCc2ccccc2C(=O)OCC(=O)N(C)CCC#N)n1. The summed E-state index contributed by atoms with van der Waals surface area (Å²) >= 11 is 3.13. The first-order valence-corrected chi connectivity index (χ1v) is 9.78. The predicted octanol–water partition coefficient (Wildman–Crippen LogP) is 3.27. The van der Waals surface area contributed by atoms with Crippen LogP contribution >= 0.6 is 23.1 Å². The summed E-state index contributed by atoms with van der Waals surface area (Å²) in [7, 11) is 1.58. The van der Waals surface area contributed by atoms with Crippen LogP contribution in [0.3, 0.4) is 0 Å². The number of thiazole rings is 1. The number of carbonyl (C=O) groups excluding carboxylic acids is 2. The van der Waals surface area contributed by atoms with Crippen LogP contribution in [0.15, 0.2) is 34.0 Å². The van der Waals surface area contributed by atoms with Crippen molar-refractivity contribution in [1.82, 2.24) is 9.88 Å². The number of esters is 1. The molecule has 0 atom stereocenters. The monoisotopic (exact) mass is 389 g/mol. The Labute approximate surface area is 160 Å². The summed E-state index contributed by atoms with van der Waals surface area (Å²) in [6.45, 7) is 1.91. The number of hydrogen-bond acceptors (Lipinski definition) is 7. The fourth-order valence-electron chi connectivity index (χ4n) is 2.04. The first kappa shape index (κ1) is 19.9. The van der Waals surface area contributed by atoms with Crippen LogP contribution in [0.2, 0.25) is 0 Å². The fraction of sp³-hybridized carbons (Fsp3) is 0.333. The van der Waals surface area contributed by atoms with E-state index in [0.29, 0.717) is 17.9 Å². The minimum Gasteiger partial charge on any atom is -0.452 e. The summed E-state index contributed by atoms with van der Waals surface area (Å²) in [6.07, 6.45) is 0.243. The zero-order chi connectivity index (χ0) is 18.9. The molecule has 0 fully saturated rings. The van der Waals surface area contributed by atoms with Crippen LogP contribution in [0, 0.1) is 18.3 Å². The molecule has 0 N–H and O–H groups in total. The van der Waals surface area contributed by atoms with Gasteiger partial charge in [0.1, 0.15) is 4.34 Å². The molecule has 26 heavy (non-hydrogen) atoms. The van der Waals surface area contributed by atoms with Crippen molar-refractivity contribution in [3.05, 3.63) is 46.5 Å². The number of amides is 1. The summed E-state index contributed by atoms with van der Waals surface area (Å²) < 4.78 is 6.10. The molecule has 0 spiro atoms. The number of carbonyl (C=O) groups is 2. The van der Waals surface area contributed by atoms with Gasteiger partial charge < -0.3 is 9.64 Å². The average molecular weight is 390 g/mol. The lowest BCUT2D eigenvalue weighted by Gasteiger charge is -2.15. The van der Waals surface area contributed by atoms with Gasteiger partial charge >= 0.3 is 5.97 Å². The summed E-state index contributed by atoms with van der Waals surface area (Å²) in [5.74, 6) is -0.272. The van der Waals surface area contributed by atoms with Crippen LogP contribution in [0.4, 0.5) is 0 Å². The van der Waals surface area contributed by atoms with Crippen molar-refractivity contribution in [2.75, 3.05) is 20.2 Å². The Morgan fingerprint density at radius 1 is 1.38 bits per heavy atom. The van der Waals surface area contributed by atoms with Crippen molar-refractivity contribution < 1.29 is 14.3 Å². The second-order valence-corrected chi connectivity index (χ2v) is 7.58. The molecule has 0 saturated heterocycles. The molecule has 2 rings (SSSR count). The van der Waals surface area contributed by atoms with Crippen molar-refractivity contribution in [2.24, 2.45) is 0 Å². The van der Waals surface area contributed by atoms with Gasteiger partial charge in [0.25, 0.3) is 5.91 Å².